The topological polar surface area (TPSA) is 28.3 Å². The minimum absolute atomic E-state index is 0.863. The van der Waals surface area contributed by atoms with E-state index in [-0.39, 0.29) is 0 Å². The molecule has 4 rings (SSSR count). The Bertz CT molecular complexity index is 848. The van der Waals surface area contributed by atoms with E-state index in [2.05, 4.69) is 41.3 Å². The van der Waals surface area contributed by atoms with E-state index in [4.69, 9.17) is 4.74 Å². The summed E-state index contributed by atoms with van der Waals surface area (Å²) in [5, 5.41) is 1.23. The predicted molar refractivity (Wildman–Crippen MR) is 94.9 cm³/mol. The van der Waals surface area contributed by atoms with Gasteiger partial charge in [0.2, 0.25) is 0 Å². The molecular formula is C20H20N2O. The van der Waals surface area contributed by atoms with Crippen molar-refractivity contribution in [2.24, 2.45) is 0 Å². The van der Waals surface area contributed by atoms with E-state index < -0.39 is 0 Å². The number of hydrogen-bond acceptors (Lipinski definition) is 2. The molecule has 2 aromatic carbocycles. The van der Waals surface area contributed by atoms with Gasteiger partial charge in [-0.05, 0) is 49.4 Å². The van der Waals surface area contributed by atoms with Gasteiger partial charge in [-0.1, -0.05) is 24.3 Å². The molecule has 0 radical (unpaired) electrons. The lowest BCUT2D eigenvalue weighted by molar-refractivity contribution is 0.370. The van der Waals surface area contributed by atoms with Gasteiger partial charge in [0.15, 0.2) is 0 Å². The molecule has 116 valence electrons. The van der Waals surface area contributed by atoms with Crippen molar-refractivity contribution in [1.82, 2.24) is 9.88 Å². The van der Waals surface area contributed by atoms with Gasteiger partial charge in [0.1, 0.15) is 11.5 Å². The minimum atomic E-state index is 0.863. The Hall–Kier alpha value is -2.52. The maximum absolute atomic E-state index is 5.97. The molecule has 1 aliphatic rings. The second-order valence-corrected chi connectivity index (χ2v) is 6.07. The molecule has 0 saturated carbocycles. The summed E-state index contributed by atoms with van der Waals surface area (Å²) < 4.78 is 5.97. The fourth-order valence-electron chi connectivity index (χ4n) is 3.07. The van der Waals surface area contributed by atoms with E-state index in [1.807, 2.05) is 36.4 Å². The Morgan fingerprint density at radius 2 is 1.91 bits per heavy atom. The maximum Gasteiger partial charge on any atom is 0.128 e. The van der Waals surface area contributed by atoms with Crippen LogP contribution in [0.4, 0.5) is 0 Å². The molecule has 0 amide bonds. The van der Waals surface area contributed by atoms with E-state index in [0.29, 0.717) is 0 Å². The van der Waals surface area contributed by atoms with Crippen molar-refractivity contribution in [2.45, 2.75) is 6.42 Å². The Morgan fingerprint density at radius 3 is 2.70 bits per heavy atom. The number of fused-ring (bicyclic) bond motifs is 1. The standard InChI is InChI=1S/C20H20N2O/c1-22-11-9-15(10-12-22)19-14-21-20-8-7-17(13-18(19)20)23-16-5-3-2-4-6-16/h2-9,13-14,21H,10-12H2,1H3. The van der Waals surface area contributed by atoms with Gasteiger partial charge in [-0.3, -0.25) is 0 Å². The third kappa shape index (κ3) is 2.88. The molecule has 0 fully saturated rings. The maximum atomic E-state index is 5.97. The average Bonchev–Trinajstić information content (AvgIpc) is 3.00. The van der Waals surface area contributed by atoms with Crippen LogP contribution < -0.4 is 4.74 Å². The number of para-hydroxylation sites is 1. The molecule has 2 heterocycles. The Kier molecular flexibility index (Phi) is 3.64. The van der Waals surface area contributed by atoms with Crippen LogP contribution in [0.15, 0.2) is 60.8 Å². The van der Waals surface area contributed by atoms with E-state index in [1.54, 1.807) is 0 Å². The molecule has 0 bridgehead atoms. The summed E-state index contributed by atoms with van der Waals surface area (Å²) >= 11 is 0. The average molecular weight is 304 g/mol. The van der Waals surface area contributed by atoms with Gasteiger partial charge in [-0.25, -0.2) is 0 Å². The molecule has 3 aromatic rings. The molecule has 23 heavy (non-hydrogen) atoms. The van der Waals surface area contributed by atoms with Crippen LogP contribution in [0.25, 0.3) is 16.5 Å². The first-order valence-corrected chi connectivity index (χ1v) is 8.01. The normalized spacial score (nSPS) is 15.6. The van der Waals surface area contributed by atoms with Crippen LogP contribution >= 0.6 is 0 Å². The lowest BCUT2D eigenvalue weighted by atomic mass is 9.99. The van der Waals surface area contributed by atoms with Gasteiger partial charge in [0, 0.05) is 35.8 Å². The Labute approximate surface area is 136 Å². The van der Waals surface area contributed by atoms with Crippen LogP contribution in [0, 0.1) is 0 Å². The fraction of sp³-hybridized carbons (Fsp3) is 0.200. The summed E-state index contributed by atoms with van der Waals surface area (Å²) in [6, 6.07) is 16.1. The van der Waals surface area contributed by atoms with Crippen molar-refractivity contribution >= 4 is 16.5 Å². The van der Waals surface area contributed by atoms with Crippen molar-refractivity contribution < 1.29 is 4.74 Å². The second kappa shape index (κ2) is 5.94. The third-order valence-corrected chi connectivity index (χ3v) is 4.39. The zero-order valence-electron chi connectivity index (χ0n) is 13.3. The monoisotopic (exact) mass is 304 g/mol. The number of aromatic nitrogens is 1. The van der Waals surface area contributed by atoms with Crippen LogP contribution in [0.2, 0.25) is 0 Å². The summed E-state index contributed by atoms with van der Waals surface area (Å²) in [6.07, 6.45) is 5.54. The summed E-state index contributed by atoms with van der Waals surface area (Å²) in [6.45, 7) is 2.13. The zero-order chi connectivity index (χ0) is 15.6. The highest BCUT2D eigenvalue weighted by Gasteiger charge is 2.14. The van der Waals surface area contributed by atoms with Crippen molar-refractivity contribution in [3.05, 3.63) is 66.4 Å². The van der Waals surface area contributed by atoms with E-state index in [0.717, 1.165) is 36.5 Å². The van der Waals surface area contributed by atoms with Crippen molar-refractivity contribution in [3.8, 4) is 11.5 Å². The summed E-state index contributed by atoms with van der Waals surface area (Å²) in [5.74, 6) is 1.74. The largest absolute Gasteiger partial charge is 0.457 e. The van der Waals surface area contributed by atoms with Gasteiger partial charge < -0.3 is 14.6 Å². The molecule has 3 nitrogen and oxygen atoms in total. The number of ether oxygens (including phenoxy) is 1. The van der Waals surface area contributed by atoms with Crippen LogP contribution in [-0.4, -0.2) is 30.0 Å². The van der Waals surface area contributed by atoms with Crippen LogP contribution in [0.3, 0.4) is 0 Å². The van der Waals surface area contributed by atoms with Crippen molar-refractivity contribution in [2.75, 3.05) is 20.1 Å². The van der Waals surface area contributed by atoms with Gasteiger partial charge in [0.25, 0.3) is 0 Å². The van der Waals surface area contributed by atoms with Crippen molar-refractivity contribution in [3.63, 3.8) is 0 Å². The van der Waals surface area contributed by atoms with Gasteiger partial charge in [0.05, 0.1) is 0 Å². The number of rotatable bonds is 3. The molecule has 0 unspecified atom stereocenters. The Balaban J connectivity index is 1.69. The van der Waals surface area contributed by atoms with Crippen LogP contribution in [0.5, 0.6) is 11.5 Å². The number of aromatic amines is 1. The number of nitrogens with one attached hydrogen (secondary N) is 1. The smallest absolute Gasteiger partial charge is 0.128 e. The molecule has 1 N–H and O–H groups in total. The van der Waals surface area contributed by atoms with E-state index in [1.165, 1.54) is 16.5 Å². The summed E-state index contributed by atoms with van der Waals surface area (Å²) in [4.78, 5) is 5.71. The molecule has 0 atom stereocenters. The third-order valence-electron chi connectivity index (χ3n) is 4.39. The SMILES string of the molecule is CN1CC=C(c2c[nH]c3ccc(Oc4ccccc4)cc23)CC1. The highest BCUT2D eigenvalue weighted by molar-refractivity contribution is 5.93. The molecule has 0 spiro atoms. The lowest BCUT2D eigenvalue weighted by Gasteiger charge is -2.21. The lowest BCUT2D eigenvalue weighted by Crippen LogP contribution is -2.23. The Morgan fingerprint density at radius 1 is 1.04 bits per heavy atom. The highest BCUT2D eigenvalue weighted by atomic mass is 16.5. The molecule has 0 saturated heterocycles. The second-order valence-electron chi connectivity index (χ2n) is 6.07. The first-order chi connectivity index (χ1) is 11.3. The van der Waals surface area contributed by atoms with Gasteiger partial charge in [-0.2, -0.15) is 0 Å². The summed E-state index contributed by atoms with van der Waals surface area (Å²) in [7, 11) is 2.16. The fourth-order valence-corrected chi connectivity index (χ4v) is 3.07. The van der Waals surface area contributed by atoms with Crippen molar-refractivity contribution in [1.29, 1.82) is 0 Å². The quantitative estimate of drug-likeness (QED) is 0.761. The minimum Gasteiger partial charge on any atom is -0.457 e. The summed E-state index contributed by atoms with van der Waals surface area (Å²) in [5.41, 5.74) is 3.87. The molecule has 0 aliphatic carbocycles. The predicted octanol–water partition coefficient (Wildman–Crippen LogP) is 4.68. The molecular weight excluding hydrogens is 284 g/mol. The van der Waals surface area contributed by atoms with E-state index in [9.17, 15) is 0 Å². The number of nitrogens with zero attached hydrogens (tertiary/aromatic N) is 1. The van der Waals surface area contributed by atoms with E-state index >= 15 is 0 Å². The highest BCUT2D eigenvalue weighted by Crippen LogP contribution is 2.32. The van der Waals surface area contributed by atoms with Gasteiger partial charge >= 0.3 is 0 Å². The molecule has 1 aliphatic heterocycles. The molecule has 3 heteroatoms. The van der Waals surface area contributed by atoms with Crippen LogP contribution in [-0.2, 0) is 0 Å². The number of hydrogen-bond donors (Lipinski definition) is 1. The number of likely N-dealkylation sites (N-methyl/N-ethyl adjacent to an activating group) is 1. The molecule has 1 aromatic heterocycles. The first-order valence-electron chi connectivity index (χ1n) is 8.01. The van der Waals surface area contributed by atoms with Gasteiger partial charge in [-0.15, -0.1) is 0 Å². The number of benzene rings is 2. The van der Waals surface area contributed by atoms with Crippen LogP contribution in [0.1, 0.15) is 12.0 Å². The zero-order valence-corrected chi connectivity index (χ0v) is 13.3. The number of H-pyrrole nitrogens is 1. The first kappa shape index (κ1) is 14.1.